The van der Waals surface area contributed by atoms with E-state index in [0.717, 1.165) is 42.6 Å². The zero-order valence-corrected chi connectivity index (χ0v) is 27.2. The molecule has 2 aliphatic rings. The number of Topliss-reactive ketones (excluding diaryl/α,β-unsaturated/α-hetero) is 2. The van der Waals surface area contributed by atoms with Crippen molar-refractivity contribution in [1.82, 2.24) is 0 Å². The maximum atomic E-state index is 13.3. The molecule has 0 saturated carbocycles. The van der Waals surface area contributed by atoms with Crippen molar-refractivity contribution in [2.45, 2.75) is 51.9 Å². The Morgan fingerprint density at radius 2 is 1.52 bits per heavy atom. The maximum Gasteiger partial charge on any atom is 0.196 e. The van der Waals surface area contributed by atoms with Crippen molar-refractivity contribution in [3.8, 4) is 0 Å². The number of ketones is 2. The van der Waals surface area contributed by atoms with E-state index in [2.05, 4.69) is 86.2 Å². The van der Waals surface area contributed by atoms with Crippen LogP contribution < -0.4 is 4.90 Å². The van der Waals surface area contributed by atoms with Crippen molar-refractivity contribution in [3.63, 3.8) is 0 Å². The summed E-state index contributed by atoms with van der Waals surface area (Å²) in [4.78, 5) is 28.6. The third-order valence-corrected chi connectivity index (χ3v) is 8.79. The summed E-state index contributed by atoms with van der Waals surface area (Å²) in [5.74, 6) is -0.304. The average molecular weight is 606 g/mol. The van der Waals surface area contributed by atoms with Gasteiger partial charge in [0, 0.05) is 35.8 Å². The summed E-state index contributed by atoms with van der Waals surface area (Å²) in [6.45, 7) is 11.1. The van der Waals surface area contributed by atoms with Crippen LogP contribution in [-0.4, -0.2) is 18.1 Å². The first-order valence-corrected chi connectivity index (χ1v) is 16.1. The molecule has 5 rings (SSSR count). The molecule has 232 valence electrons. The van der Waals surface area contributed by atoms with Crippen LogP contribution in [0.4, 0.5) is 5.69 Å². The first-order valence-electron chi connectivity index (χ1n) is 16.1. The summed E-state index contributed by atoms with van der Waals surface area (Å²) in [6, 6.07) is 20.6. The molecule has 0 aromatic heterocycles. The summed E-state index contributed by atoms with van der Waals surface area (Å²) in [7, 11) is 0. The lowest BCUT2D eigenvalue weighted by Gasteiger charge is -2.36. The Kier molecular flexibility index (Phi) is 10.4. The molecule has 0 heterocycles. The van der Waals surface area contributed by atoms with Gasteiger partial charge in [0.2, 0.25) is 0 Å². The predicted molar refractivity (Wildman–Crippen MR) is 193 cm³/mol. The van der Waals surface area contributed by atoms with Gasteiger partial charge in [0.25, 0.3) is 0 Å². The molecule has 0 N–H and O–H groups in total. The van der Waals surface area contributed by atoms with Crippen LogP contribution in [-0.2, 0) is 23.1 Å². The molecule has 0 radical (unpaired) electrons. The van der Waals surface area contributed by atoms with Gasteiger partial charge in [-0.2, -0.15) is 0 Å². The summed E-state index contributed by atoms with van der Waals surface area (Å²) in [5, 5.41) is 0. The number of nitrogens with zero attached hydrogens (tertiary/aromatic N) is 1. The van der Waals surface area contributed by atoms with Gasteiger partial charge in [0.1, 0.15) is 0 Å². The Labute approximate surface area is 274 Å². The van der Waals surface area contributed by atoms with E-state index in [1.807, 2.05) is 73.7 Å². The number of rotatable bonds is 11. The SMILES string of the molecule is C=C/C=C\CC/C=C\CN(/C=C/C=C\C=C/C)c1ccc2c(c1)C(C)(C)c1cc(/C=C3/C(=O)Cc4ccccc4C3=O)ccc1C2. The minimum atomic E-state index is -0.269. The molecule has 3 nitrogen and oxygen atoms in total. The Morgan fingerprint density at radius 3 is 2.33 bits per heavy atom. The highest BCUT2D eigenvalue weighted by Gasteiger charge is 2.33. The van der Waals surface area contributed by atoms with Crippen molar-refractivity contribution >= 4 is 23.3 Å². The number of carbonyl (C=O) groups excluding carboxylic acids is 2. The molecular formula is C43H43NO2. The molecule has 0 aliphatic heterocycles. The monoisotopic (exact) mass is 605 g/mol. The second-order valence-corrected chi connectivity index (χ2v) is 12.3. The fourth-order valence-electron chi connectivity index (χ4n) is 6.33. The summed E-state index contributed by atoms with van der Waals surface area (Å²) in [6.07, 6.45) is 27.6. The summed E-state index contributed by atoms with van der Waals surface area (Å²) in [5.41, 5.74) is 8.58. The molecule has 0 amide bonds. The van der Waals surface area contributed by atoms with Crippen molar-refractivity contribution < 1.29 is 9.59 Å². The number of benzene rings is 3. The van der Waals surface area contributed by atoms with Crippen LogP contribution in [0.15, 0.2) is 140 Å². The number of fused-ring (bicyclic) bond motifs is 3. The molecule has 0 bridgehead atoms. The van der Waals surface area contributed by atoms with Gasteiger partial charge in [-0.25, -0.2) is 0 Å². The summed E-state index contributed by atoms with van der Waals surface area (Å²) < 4.78 is 0. The van der Waals surface area contributed by atoms with Crippen LogP contribution in [0.3, 0.4) is 0 Å². The number of unbranched alkanes of at least 4 members (excludes halogenated alkanes) is 1. The minimum Gasteiger partial charge on any atom is -0.344 e. The zero-order valence-electron chi connectivity index (χ0n) is 27.2. The van der Waals surface area contributed by atoms with Crippen LogP contribution in [0.25, 0.3) is 6.08 Å². The highest BCUT2D eigenvalue weighted by atomic mass is 16.1. The number of hydrogen-bond donors (Lipinski definition) is 0. The first kappa shape index (κ1) is 32.4. The number of hydrogen-bond acceptors (Lipinski definition) is 3. The normalized spacial score (nSPS) is 16.6. The van der Waals surface area contributed by atoms with Gasteiger partial charge in [-0.15, -0.1) is 0 Å². The average Bonchev–Trinajstić information content (AvgIpc) is 3.05. The molecule has 46 heavy (non-hydrogen) atoms. The highest BCUT2D eigenvalue weighted by molar-refractivity contribution is 6.32. The fourth-order valence-corrected chi connectivity index (χ4v) is 6.33. The molecule has 0 saturated heterocycles. The van der Waals surface area contributed by atoms with E-state index in [-0.39, 0.29) is 29.0 Å². The van der Waals surface area contributed by atoms with Gasteiger partial charge in [-0.05, 0) is 83.9 Å². The van der Waals surface area contributed by atoms with Crippen molar-refractivity contribution in [2.24, 2.45) is 0 Å². The van der Waals surface area contributed by atoms with Crippen LogP contribution in [0.1, 0.15) is 77.4 Å². The highest BCUT2D eigenvalue weighted by Crippen LogP contribution is 2.43. The quantitative estimate of drug-likeness (QED) is 0.0718. The van der Waals surface area contributed by atoms with Crippen molar-refractivity contribution in [1.29, 1.82) is 0 Å². The smallest absolute Gasteiger partial charge is 0.196 e. The van der Waals surface area contributed by atoms with Gasteiger partial charge in [0.05, 0.1) is 5.57 Å². The molecular weight excluding hydrogens is 562 g/mol. The first-order chi connectivity index (χ1) is 22.3. The van der Waals surface area contributed by atoms with Crippen LogP contribution >= 0.6 is 0 Å². The van der Waals surface area contributed by atoms with Gasteiger partial charge >= 0.3 is 0 Å². The Morgan fingerprint density at radius 1 is 0.783 bits per heavy atom. The van der Waals surface area contributed by atoms with E-state index in [0.29, 0.717) is 5.56 Å². The second-order valence-electron chi connectivity index (χ2n) is 12.3. The fraction of sp³-hybridized carbons (Fsp3) is 0.209. The van der Waals surface area contributed by atoms with Gasteiger partial charge < -0.3 is 4.90 Å². The van der Waals surface area contributed by atoms with Crippen molar-refractivity contribution in [3.05, 3.63) is 179 Å². The molecule has 0 fully saturated rings. The molecule has 0 atom stereocenters. The van der Waals surface area contributed by atoms with Gasteiger partial charge in [0.15, 0.2) is 11.6 Å². The Balaban J connectivity index is 1.44. The topological polar surface area (TPSA) is 37.4 Å². The lowest BCUT2D eigenvalue weighted by Crippen LogP contribution is -2.28. The van der Waals surface area contributed by atoms with E-state index in [1.54, 1.807) is 6.08 Å². The van der Waals surface area contributed by atoms with Gasteiger partial charge in [-0.3, -0.25) is 9.59 Å². The third-order valence-electron chi connectivity index (χ3n) is 8.79. The Bertz CT molecular complexity index is 1810. The largest absolute Gasteiger partial charge is 0.344 e. The van der Waals surface area contributed by atoms with Crippen molar-refractivity contribution in [2.75, 3.05) is 11.4 Å². The number of anilines is 1. The molecule has 0 unspecified atom stereocenters. The zero-order chi connectivity index (χ0) is 32.5. The van der Waals surface area contributed by atoms with Gasteiger partial charge in [-0.1, -0.05) is 124 Å². The van der Waals surface area contributed by atoms with E-state index in [1.165, 1.54) is 22.3 Å². The lowest BCUT2D eigenvalue weighted by atomic mass is 9.68. The summed E-state index contributed by atoms with van der Waals surface area (Å²) >= 11 is 0. The third kappa shape index (κ3) is 7.26. The minimum absolute atomic E-state index is 0.119. The van der Waals surface area contributed by atoms with E-state index in [9.17, 15) is 9.59 Å². The molecule has 0 spiro atoms. The molecule has 2 aliphatic carbocycles. The Hall–Kier alpha value is -5.02. The van der Waals surface area contributed by atoms with E-state index in [4.69, 9.17) is 0 Å². The number of allylic oxidation sites excluding steroid dienone is 10. The molecule has 3 aromatic rings. The standard InChI is InChI=1S/C43H43NO2/c1-5-7-9-11-12-14-18-26-44(25-17-13-10-8-6-2)36-24-23-35-29-34-22-21-32(28-39(34)43(3,4)40(35)31-36)27-38-41(45)30-33-19-15-16-20-37(33)42(38)46/h5-10,13-25,27-28,31H,1,11-12,26,29-30H2,2-4H3/b8-6-,9-7-,13-10-,18-14-,25-17+,38-27-. The van der Waals surface area contributed by atoms with Crippen LogP contribution in [0.5, 0.6) is 0 Å². The van der Waals surface area contributed by atoms with Crippen LogP contribution in [0.2, 0.25) is 0 Å². The van der Waals surface area contributed by atoms with E-state index >= 15 is 0 Å². The second kappa shape index (κ2) is 14.8. The van der Waals surface area contributed by atoms with Crippen LogP contribution in [0, 0.1) is 0 Å². The molecule has 3 aromatic carbocycles. The lowest BCUT2D eigenvalue weighted by molar-refractivity contribution is -0.114. The maximum absolute atomic E-state index is 13.3. The molecule has 3 heteroatoms. The van der Waals surface area contributed by atoms with E-state index < -0.39 is 0 Å². The predicted octanol–water partition coefficient (Wildman–Crippen LogP) is 9.84. The number of carbonyl (C=O) groups is 2.